The third-order valence-electron chi connectivity index (χ3n) is 5.56. The minimum Gasteiger partial charge on any atom is -0.462 e. The molecular weight excluding hydrogens is 501 g/mol. The Morgan fingerprint density at radius 3 is 2.57 bits per heavy atom. The van der Waals surface area contributed by atoms with E-state index in [1.54, 1.807) is 18.3 Å². The number of ether oxygens (including phenoxy) is 1. The first-order valence-electron chi connectivity index (χ1n) is 11.0. The molecule has 0 radical (unpaired) electrons. The van der Waals surface area contributed by atoms with Crippen molar-refractivity contribution in [1.29, 1.82) is 0 Å². The normalized spacial score (nSPS) is 11.0. The van der Waals surface area contributed by atoms with E-state index < -0.39 is 5.97 Å². The highest BCUT2D eigenvalue weighted by Gasteiger charge is 2.23. The number of carbonyl (C=O) groups excluding carboxylic acids is 2. The van der Waals surface area contributed by atoms with Gasteiger partial charge < -0.3 is 14.6 Å². The van der Waals surface area contributed by atoms with Crippen LogP contribution >= 0.6 is 34.4 Å². The highest BCUT2D eigenvalue weighted by atomic mass is 32.2. The Labute approximate surface area is 216 Å². The lowest BCUT2D eigenvalue weighted by Crippen LogP contribution is -2.16. The van der Waals surface area contributed by atoms with Gasteiger partial charge in [-0.1, -0.05) is 42.1 Å². The zero-order valence-corrected chi connectivity index (χ0v) is 22.6. The Morgan fingerprint density at radius 1 is 1.11 bits per heavy atom. The maximum absolute atomic E-state index is 12.7. The van der Waals surface area contributed by atoms with Crippen LogP contribution in [0.15, 0.2) is 40.9 Å². The third-order valence-corrected chi connectivity index (χ3v) is 8.62. The molecule has 0 fully saturated rings. The van der Waals surface area contributed by atoms with Crippen molar-refractivity contribution in [2.24, 2.45) is 7.05 Å². The predicted molar refractivity (Wildman–Crippen MR) is 144 cm³/mol. The van der Waals surface area contributed by atoms with E-state index in [1.165, 1.54) is 28.0 Å². The van der Waals surface area contributed by atoms with Gasteiger partial charge in [0.15, 0.2) is 11.0 Å². The van der Waals surface area contributed by atoms with E-state index in [0.29, 0.717) is 15.7 Å². The molecule has 0 aliphatic heterocycles. The molecule has 0 atom stereocenters. The average Bonchev–Trinajstić information content (AvgIpc) is 3.48. The summed E-state index contributed by atoms with van der Waals surface area (Å²) in [6.45, 7) is 7.92. The summed E-state index contributed by atoms with van der Waals surface area (Å²) < 4.78 is 7.08. The number of hydrogen-bond donors (Lipinski definition) is 1. The number of nitrogens with one attached hydrogen (secondary N) is 1. The van der Waals surface area contributed by atoms with Crippen molar-refractivity contribution in [3.8, 4) is 22.5 Å². The maximum Gasteiger partial charge on any atom is 0.341 e. The number of nitrogens with zero attached hydrogens (tertiary/aromatic N) is 3. The fourth-order valence-corrected chi connectivity index (χ4v) is 6.35. The number of thioether (sulfide) groups is 1. The summed E-state index contributed by atoms with van der Waals surface area (Å²) in [5.74, 6) is 0.252. The molecule has 0 spiro atoms. The van der Waals surface area contributed by atoms with Gasteiger partial charge in [-0.15, -0.1) is 32.9 Å². The predicted octanol–water partition coefficient (Wildman–Crippen LogP) is 6.10. The van der Waals surface area contributed by atoms with Crippen molar-refractivity contribution in [2.45, 2.75) is 32.9 Å². The third kappa shape index (κ3) is 5.19. The van der Waals surface area contributed by atoms with Crippen molar-refractivity contribution >= 4 is 51.3 Å². The quantitative estimate of drug-likeness (QED) is 0.220. The van der Waals surface area contributed by atoms with Crippen molar-refractivity contribution in [2.75, 3.05) is 17.7 Å². The van der Waals surface area contributed by atoms with Crippen LogP contribution in [0, 0.1) is 20.8 Å². The lowest BCUT2D eigenvalue weighted by molar-refractivity contribution is -0.113. The highest BCUT2D eigenvalue weighted by molar-refractivity contribution is 7.99. The van der Waals surface area contributed by atoms with Crippen LogP contribution in [0.5, 0.6) is 0 Å². The van der Waals surface area contributed by atoms with Crippen molar-refractivity contribution in [3.05, 3.63) is 56.6 Å². The largest absolute Gasteiger partial charge is 0.462 e. The number of anilines is 1. The second kappa shape index (κ2) is 10.8. The molecule has 182 valence electrons. The van der Waals surface area contributed by atoms with Gasteiger partial charge in [-0.25, -0.2) is 4.79 Å². The van der Waals surface area contributed by atoms with Crippen LogP contribution < -0.4 is 5.32 Å². The molecule has 3 heterocycles. The Hall–Kier alpha value is -2.95. The van der Waals surface area contributed by atoms with Crippen molar-refractivity contribution in [3.63, 3.8) is 0 Å². The Kier molecular flexibility index (Phi) is 7.73. The summed E-state index contributed by atoms with van der Waals surface area (Å²) in [4.78, 5) is 27.3. The number of aryl methyl sites for hydroxylation is 2. The van der Waals surface area contributed by atoms with Gasteiger partial charge in [0.1, 0.15) is 5.00 Å². The number of hydrogen-bond acceptors (Lipinski definition) is 8. The van der Waals surface area contributed by atoms with Gasteiger partial charge >= 0.3 is 5.97 Å². The van der Waals surface area contributed by atoms with E-state index in [9.17, 15) is 9.59 Å². The lowest BCUT2D eigenvalue weighted by Gasteiger charge is -2.08. The van der Waals surface area contributed by atoms with E-state index >= 15 is 0 Å². The SMILES string of the molecule is CCOC(=O)c1c(NC(=O)CSc2nnc(-c3csc(C)c3-c3ccccc3)n2C)sc(C)c1C. The molecule has 1 aromatic carbocycles. The van der Waals surface area contributed by atoms with Crippen LogP contribution in [0.25, 0.3) is 22.5 Å². The summed E-state index contributed by atoms with van der Waals surface area (Å²) in [7, 11) is 1.90. The standard InChI is InChI=1S/C25H26N4O3S3/c1-6-32-24(31)20-14(2)15(3)35-23(20)26-19(30)13-34-25-28-27-22(29(25)5)18-12-33-16(4)21(18)17-10-8-7-9-11-17/h7-12H,6,13H2,1-5H3,(H,26,30). The van der Waals surface area contributed by atoms with E-state index in [2.05, 4.69) is 40.0 Å². The molecule has 0 bridgehead atoms. The Balaban J connectivity index is 1.49. The summed E-state index contributed by atoms with van der Waals surface area (Å²) >= 11 is 4.36. The molecule has 4 aromatic rings. The van der Waals surface area contributed by atoms with Gasteiger partial charge in [0.25, 0.3) is 0 Å². The van der Waals surface area contributed by atoms with E-state index in [1.807, 2.05) is 43.7 Å². The first-order chi connectivity index (χ1) is 16.8. The Morgan fingerprint density at radius 2 is 1.86 bits per heavy atom. The monoisotopic (exact) mass is 526 g/mol. The molecular formula is C25H26N4O3S3. The molecule has 0 aliphatic carbocycles. The first-order valence-corrected chi connectivity index (χ1v) is 13.7. The molecule has 0 saturated carbocycles. The van der Waals surface area contributed by atoms with Crippen molar-refractivity contribution in [1.82, 2.24) is 14.8 Å². The zero-order valence-electron chi connectivity index (χ0n) is 20.2. The molecule has 10 heteroatoms. The number of aromatic nitrogens is 3. The topological polar surface area (TPSA) is 86.1 Å². The van der Waals surface area contributed by atoms with Crippen LogP contribution in [0.4, 0.5) is 5.00 Å². The number of thiophene rings is 2. The summed E-state index contributed by atoms with van der Waals surface area (Å²) in [5, 5.41) is 14.9. The van der Waals surface area contributed by atoms with Crippen LogP contribution in [0.1, 0.15) is 32.6 Å². The molecule has 0 unspecified atom stereocenters. The average molecular weight is 527 g/mol. The number of carbonyl (C=O) groups is 2. The molecule has 3 aromatic heterocycles. The van der Waals surface area contributed by atoms with Gasteiger partial charge in [0.05, 0.1) is 17.9 Å². The molecule has 0 aliphatic rings. The molecule has 35 heavy (non-hydrogen) atoms. The summed E-state index contributed by atoms with van der Waals surface area (Å²) in [6, 6.07) is 10.2. The number of amides is 1. The number of esters is 1. The van der Waals surface area contributed by atoms with E-state index in [0.717, 1.165) is 33.0 Å². The minimum absolute atomic E-state index is 0.137. The Bertz CT molecular complexity index is 1370. The van der Waals surface area contributed by atoms with Crippen molar-refractivity contribution < 1.29 is 14.3 Å². The highest BCUT2D eigenvalue weighted by Crippen LogP contribution is 2.39. The van der Waals surface area contributed by atoms with Gasteiger partial charge in [-0.05, 0) is 38.8 Å². The number of benzene rings is 1. The molecule has 7 nitrogen and oxygen atoms in total. The second-order valence-electron chi connectivity index (χ2n) is 7.86. The molecule has 0 saturated heterocycles. The minimum atomic E-state index is -0.421. The van der Waals surface area contributed by atoms with Crippen LogP contribution in [-0.4, -0.2) is 39.0 Å². The lowest BCUT2D eigenvalue weighted by atomic mass is 10.0. The fraction of sp³-hybridized carbons (Fsp3) is 0.280. The van der Waals surface area contributed by atoms with E-state index in [4.69, 9.17) is 4.74 Å². The van der Waals surface area contributed by atoms with Gasteiger partial charge in [-0.3, -0.25) is 4.79 Å². The molecule has 1 N–H and O–H groups in total. The summed E-state index contributed by atoms with van der Waals surface area (Å²) in [5.41, 5.74) is 4.56. The second-order valence-corrected chi connectivity index (χ2v) is 11.1. The summed E-state index contributed by atoms with van der Waals surface area (Å²) in [6.07, 6.45) is 0. The van der Waals surface area contributed by atoms with Crippen LogP contribution in [0.2, 0.25) is 0 Å². The first kappa shape index (κ1) is 25.2. The molecule has 4 rings (SSSR count). The molecule has 1 amide bonds. The number of rotatable bonds is 8. The smallest absolute Gasteiger partial charge is 0.341 e. The van der Waals surface area contributed by atoms with Gasteiger partial charge in [0.2, 0.25) is 5.91 Å². The fourth-order valence-electron chi connectivity index (χ4n) is 3.71. The maximum atomic E-state index is 12.7. The van der Waals surface area contributed by atoms with Crippen LogP contribution in [0.3, 0.4) is 0 Å². The van der Waals surface area contributed by atoms with Gasteiger partial charge in [0, 0.05) is 33.3 Å². The van der Waals surface area contributed by atoms with E-state index in [-0.39, 0.29) is 18.3 Å². The zero-order chi connectivity index (χ0) is 25.1. The van der Waals surface area contributed by atoms with Crippen LogP contribution in [-0.2, 0) is 16.6 Å². The van der Waals surface area contributed by atoms with Gasteiger partial charge in [-0.2, -0.15) is 0 Å².